The zero-order chi connectivity index (χ0) is 18.3. The van der Waals surface area contributed by atoms with Gasteiger partial charge in [-0.2, -0.15) is 0 Å². The van der Waals surface area contributed by atoms with Crippen molar-refractivity contribution in [3.63, 3.8) is 0 Å². The highest BCUT2D eigenvalue weighted by atomic mass is 16.6. The van der Waals surface area contributed by atoms with Crippen molar-refractivity contribution < 1.29 is 24.2 Å². The average Bonchev–Trinajstić information content (AvgIpc) is 3.09. The van der Waals surface area contributed by atoms with Crippen LogP contribution >= 0.6 is 0 Å². The molecule has 0 unspecified atom stereocenters. The summed E-state index contributed by atoms with van der Waals surface area (Å²) in [5, 5.41) is 10.4. The summed E-state index contributed by atoms with van der Waals surface area (Å²) in [6.45, 7) is 11.2. The van der Waals surface area contributed by atoms with Crippen LogP contribution in [0.15, 0.2) is 0 Å². The van der Waals surface area contributed by atoms with Gasteiger partial charge < -0.3 is 19.5 Å². The van der Waals surface area contributed by atoms with Crippen LogP contribution in [0.3, 0.4) is 0 Å². The third-order valence-electron chi connectivity index (χ3n) is 3.81. The van der Waals surface area contributed by atoms with Crippen LogP contribution in [0.2, 0.25) is 0 Å². The molecule has 2 fully saturated rings. The van der Waals surface area contributed by atoms with Gasteiger partial charge in [-0.1, -0.05) is 0 Å². The third-order valence-corrected chi connectivity index (χ3v) is 3.81. The van der Waals surface area contributed by atoms with Gasteiger partial charge in [0.1, 0.15) is 11.2 Å². The fourth-order valence-corrected chi connectivity index (χ4v) is 2.74. The highest BCUT2D eigenvalue weighted by Gasteiger charge is 2.47. The maximum absolute atomic E-state index is 12.5. The van der Waals surface area contributed by atoms with Gasteiger partial charge in [0.05, 0.1) is 18.7 Å². The summed E-state index contributed by atoms with van der Waals surface area (Å²) in [6, 6.07) is -0.377. The molecule has 1 aliphatic heterocycles. The summed E-state index contributed by atoms with van der Waals surface area (Å²) in [5.41, 5.74) is -1.19. The summed E-state index contributed by atoms with van der Waals surface area (Å²) in [4.78, 5) is 27.8. The number of carbonyl (C=O) groups excluding carboxylic acids is 2. The molecule has 24 heavy (non-hydrogen) atoms. The van der Waals surface area contributed by atoms with Gasteiger partial charge >= 0.3 is 12.2 Å². The standard InChI is InChI=1S/C17H30N2O5/c1-16(2,3)23-14(21)18-9-12(13(20)10-18)19(11-7-8-11)15(22)24-17(4,5)6/h11-13,20H,7-10H2,1-6H3/t12-,13-/m1/s1. The highest BCUT2D eigenvalue weighted by molar-refractivity contribution is 5.71. The summed E-state index contributed by atoms with van der Waals surface area (Å²) >= 11 is 0. The van der Waals surface area contributed by atoms with Crippen molar-refractivity contribution in [2.24, 2.45) is 0 Å². The number of carbonyl (C=O) groups is 2. The predicted octanol–water partition coefficient (Wildman–Crippen LogP) is 2.37. The van der Waals surface area contributed by atoms with Crippen LogP contribution in [-0.4, -0.2) is 69.6 Å². The molecule has 0 aromatic rings. The molecule has 1 N–H and O–H groups in total. The Morgan fingerprint density at radius 3 is 2.00 bits per heavy atom. The van der Waals surface area contributed by atoms with Crippen molar-refractivity contribution in [3.8, 4) is 0 Å². The van der Waals surface area contributed by atoms with Gasteiger partial charge in [0, 0.05) is 12.6 Å². The van der Waals surface area contributed by atoms with E-state index < -0.39 is 35.5 Å². The van der Waals surface area contributed by atoms with Crippen molar-refractivity contribution >= 4 is 12.2 Å². The molecule has 2 amide bonds. The third kappa shape index (κ3) is 5.00. The van der Waals surface area contributed by atoms with Gasteiger partial charge in [-0.3, -0.25) is 4.90 Å². The number of aliphatic hydroxyl groups is 1. The molecule has 138 valence electrons. The molecule has 1 aliphatic carbocycles. The van der Waals surface area contributed by atoms with E-state index in [2.05, 4.69) is 0 Å². The molecule has 2 atom stereocenters. The van der Waals surface area contributed by atoms with Crippen LogP contribution in [0, 0.1) is 0 Å². The van der Waals surface area contributed by atoms with Gasteiger partial charge in [0.25, 0.3) is 0 Å². The zero-order valence-electron chi connectivity index (χ0n) is 15.5. The first-order valence-electron chi connectivity index (χ1n) is 8.55. The van der Waals surface area contributed by atoms with Gasteiger partial charge in [-0.05, 0) is 54.4 Å². The maximum atomic E-state index is 12.5. The van der Waals surface area contributed by atoms with E-state index in [0.29, 0.717) is 0 Å². The van der Waals surface area contributed by atoms with E-state index in [1.54, 1.807) is 25.7 Å². The minimum absolute atomic E-state index is 0.0816. The molecule has 0 spiro atoms. The van der Waals surface area contributed by atoms with E-state index in [-0.39, 0.29) is 19.1 Å². The lowest BCUT2D eigenvalue weighted by Gasteiger charge is -2.33. The van der Waals surface area contributed by atoms with Crippen LogP contribution < -0.4 is 0 Å². The Morgan fingerprint density at radius 2 is 1.54 bits per heavy atom. The largest absolute Gasteiger partial charge is 0.444 e. The minimum atomic E-state index is -0.800. The molecule has 0 bridgehead atoms. The maximum Gasteiger partial charge on any atom is 0.410 e. The summed E-state index contributed by atoms with van der Waals surface area (Å²) < 4.78 is 10.8. The van der Waals surface area contributed by atoms with E-state index in [1.807, 2.05) is 20.8 Å². The monoisotopic (exact) mass is 342 g/mol. The lowest BCUT2D eigenvalue weighted by molar-refractivity contribution is 0.000925. The lowest BCUT2D eigenvalue weighted by atomic mass is 10.1. The Kier molecular flexibility index (Phi) is 5.04. The van der Waals surface area contributed by atoms with Crippen LogP contribution in [0.25, 0.3) is 0 Å². The molecule has 0 aromatic heterocycles. The van der Waals surface area contributed by atoms with E-state index in [9.17, 15) is 14.7 Å². The highest BCUT2D eigenvalue weighted by Crippen LogP contribution is 2.33. The molecular weight excluding hydrogens is 312 g/mol. The fraction of sp³-hybridized carbons (Fsp3) is 0.882. The molecule has 7 heteroatoms. The molecule has 2 rings (SSSR count). The number of rotatable bonds is 2. The second-order valence-electron chi connectivity index (χ2n) is 8.64. The lowest BCUT2D eigenvalue weighted by Crippen LogP contribution is -2.50. The van der Waals surface area contributed by atoms with Crippen LogP contribution in [0.1, 0.15) is 54.4 Å². The Morgan fingerprint density at radius 1 is 1.00 bits per heavy atom. The number of aliphatic hydroxyl groups excluding tert-OH is 1. The molecule has 2 aliphatic rings. The van der Waals surface area contributed by atoms with Gasteiger partial charge in [0.15, 0.2) is 0 Å². The Balaban J connectivity index is 2.06. The van der Waals surface area contributed by atoms with Gasteiger partial charge in [0.2, 0.25) is 0 Å². The van der Waals surface area contributed by atoms with E-state index in [4.69, 9.17) is 9.47 Å². The minimum Gasteiger partial charge on any atom is -0.444 e. The first-order chi connectivity index (χ1) is 10.9. The van der Waals surface area contributed by atoms with Crippen molar-refractivity contribution in [1.29, 1.82) is 0 Å². The van der Waals surface area contributed by atoms with Crippen LogP contribution in [0.4, 0.5) is 9.59 Å². The molecular formula is C17H30N2O5. The number of hydrogen-bond donors (Lipinski definition) is 1. The van der Waals surface area contributed by atoms with Crippen molar-refractivity contribution in [2.45, 2.75) is 83.8 Å². The normalized spacial score (nSPS) is 24.7. The quantitative estimate of drug-likeness (QED) is 0.833. The van der Waals surface area contributed by atoms with E-state index >= 15 is 0 Å². The number of hydrogen-bond acceptors (Lipinski definition) is 5. The molecule has 1 heterocycles. The first-order valence-corrected chi connectivity index (χ1v) is 8.55. The van der Waals surface area contributed by atoms with Crippen molar-refractivity contribution in [2.75, 3.05) is 13.1 Å². The number of likely N-dealkylation sites (tertiary alicyclic amines) is 1. The summed E-state index contributed by atoms with van der Waals surface area (Å²) in [7, 11) is 0. The summed E-state index contributed by atoms with van der Waals surface area (Å²) in [6.07, 6.45) is 0.0961. The predicted molar refractivity (Wildman–Crippen MR) is 88.7 cm³/mol. The average molecular weight is 342 g/mol. The fourth-order valence-electron chi connectivity index (χ4n) is 2.74. The van der Waals surface area contributed by atoms with Gasteiger partial charge in [-0.15, -0.1) is 0 Å². The molecule has 1 saturated heterocycles. The number of β-amino-alcohol motifs (C(OH)–C–C–N with tert-alkyl or cyclic N) is 1. The smallest absolute Gasteiger partial charge is 0.410 e. The van der Waals surface area contributed by atoms with Crippen molar-refractivity contribution in [3.05, 3.63) is 0 Å². The van der Waals surface area contributed by atoms with Crippen LogP contribution in [0.5, 0.6) is 0 Å². The first kappa shape index (κ1) is 18.8. The van der Waals surface area contributed by atoms with E-state index in [0.717, 1.165) is 12.8 Å². The molecule has 0 aromatic carbocycles. The second kappa shape index (κ2) is 6.43. The second-order valence-corrected chi connectivity index (χ2v) is 8.64. The van der Waals surface area contributed by atoms with Gasteiger partial charge in [-0.25, -0.2) is 9.59 Å². The number of nitrogens with zero attached hydrogens (tertiary/aromatic N) is 2. The summed E-state index contributed by atoms with van der Waals surface area (Å²) in [5.74, 6) is 0. The topological polar surface area (TPSA) is 79.3 Å². The Hall–Kier alpha value is -1.50. The SMILES string of the molecule is CC(C)(C)OC(=O)N1C[C@@H](O)[C@H](N(C(=O)OC(C)(C)C)C2CC2)C1. The Labute approximate surface area is 143 Å². The van der Waals surface area contributed by atoms with E-state index in [1.165, 1.54) is 4.90 Å². The molecule has 0 radical (unpaired) electrons. The van der Waals surface area contributed by atoms with Crippen LogP contribution in [-0.2, 0) is 9.47 Å². The molecule has 1 saturated carbocycles. The zero-order valence-corrected chi connectivity index (χ0v) is 15.5. The molecule has 7 nitrogen and oxygen atoms in total. The number of ether oxygens (including phenoxy) is 2. The Bertz CT molecular complexity index is 490. The van der Waals surface area contributed by atoms with Crippen molar-refractivity contribution in [1.82, 2.24) is 9.80 Å². The number of amides is 2.